The van der Waals surface area contributed by atoms with Gasteiger partial charge in [-0.3, -0.25) is 14.3 Å². The second kappa shape index (κ2) is 6.16. The number of ether oxygens (including phenoxy) is 3. The second-order valence-electron chi connectivity index (χ2n) is 5.69. The van der Waals surface area contributed by atoms with E-state index in [9.17, 15) is 22.8 Å². The van der Waals surface area contributed by atoms with Gasteiger partial charge in [-0.1, -0.05) is 6.07 Å². The van der Waals surface area contributed by atoms with Crippen molar-refractivity contribution in [1.82, 2.24) is 19.5 Å². The molecule has 2 aromatic heterocycles. The first-order valence-electron chi connectivity index (χ1n) is 7.66. The van der Waals surface area contributed by atoms with Crippen LogP contribution in [0, 0.1) is 0 Å². The van der Waals surface area contributed by atoms with Crippen LogP contribution in [0.15, 0.2) is 33.9 Å². The lowest BCUT2D eigenvalue weighted by molar-refractivity contribution is -0.274. The van der Waals surface area contributed by atoms with Crippen LogP contribution in [0.4, 0.5) is 13.2 Å². The van der Waals surface area contributed by atoms with Gasteiger partial charge in [0.1, 0.15) is 11.5 Å². The molecule has 1 aromatic carbocycles. The fourth-order valence-electron chi connectivity index (χ4n) is 2.43. The molecule has 4 rings (SSSR count). The highest BCUT2D eigenvalue weighted by atomic mass is 19.4. The molecule has 0 amide bonds. The molecule has 3 heterocycles. The zero-order valence-electron chi connectivity index (χ0n) is 13.4. The molecule has 142 valence electrons. The quantitative estimate of drug-likeness (QED) is 0.645. The molecule has 12 heteroatoms. The largest absolute Gasteiger partial charge is 0.573 e. The Morgan fingerprint density at radius 3 is 2.70 bits per heavy atom. The van der Waals surface area contributed by atoms with Crippen LogP contribution in [-0.4, -0.2) is 38.6 Å². The van der Waals surface area contributed by atoms with Gasteiger partial charge in [-0.2, -0.15) is 4.98 Å². The smallest absolute Gasteiger partial charge is 0.425 e. The third kappa shape index (κ3) is 3.79. The molecule has 0 saturated carbocycles. The minimum Gasteiger partial charge on any atom is -0.425 e. The number of epoxide rings is 1. The maximum atomic E-state index is 12.4. The van der Waals surface area contributed by atoms with E-state index in [1.807, 2.05) is 0 Å². The molecule has 9 nitrogen and oxygen atoms in total. The molecule has 0 spiro atoms. The average Bonchev–Trinajstić information content (AvgIpc) is 3.30. The maximum absolute atomic E-state index is 12.4. The van der Waals surface area contributed by atoms with Gasteiger partial charge in [0.15, 0.2) is 11.2 Å². The number of benzene rings is 1. The van der Waals surface area contributed by atoms with Crippen molar-refractivity contribution in [2.24, 2.45) is 0 Å². The summed E-state index contributed by atoms with van der Waals surface area (Å²) < 4.78 is 52.0. The van der Waals surface area contributed by atoms with E-state index < -0.39 is 23.4 Å². The van der Waals surface area contributed by atoms with Crippen LogP contribution in [0.25, 0.3) is 11.2 Å². The number of H-pyrrole nitrogens is 2. The molecule has 1 atom stereocenters. The summed E-state index contributed by atoms with van der Waals surface area (Å²) in [4.78, 5) is 33.4. The summed E-state index contributed by atoms with van der Waals surface area (Å²) in [6.07, 6.45) is -5.02. The molecule has 1 aliphatic rings. The Kier molecular flexibility index (Phi) is 3.91. The van der Waals surface area contributed by atoms with Crippen molar-refractivity contribution >= 4 is 11.2 Å². The van der Waals surface area contributed by atoms with Crippen molar-refractivity contribution in [3.8, 4) is 17.5 Å². The van der Waals surface area contributed by atoms with Crippen molar-refractivity contribution in [2.75, 3.05) is 6.61 Å². The van der Waals surface area contributed by atoms with Crippen molar-refractivity contribution in [3.05, 3.63) is 45.1 Å². The number of nitrogens with zero attached hydrogens (tertiary/aromatic N) is 2. The molecule has 0 aliphatic carbocycles. The lowest BCUT2D eigenvalue weighted by atomic mass is 10.3. The third-order valence-corrected chi connectivity index (χ3v) is 3.65. The first kappa shape index (κ1) is 17.1. The molecule has 27 heavy (non-hydrogen) atoms. The van der Waals surface area contributed by atoms with Crippen molar-refractivity contribution in [1.29, 1.82) is 0 Å². The Balaban J connectivity index is 1.63. The molecular formula is C15H11F3N4O5. The summed E-state index contributed by atoms with van der Waals surface area (Å²) in [7, 11) is 0. The minimum atomic E-state index is -4.84. The summed E-state index contributed by atoms with van der Waals surface area (Å²) in [6, 6.07) is 4.61. The molecule has 3 aromatic rings. The standard InChI is InChI=1S/C15H11F3N4O5/c16-15(17,18)27-8-3-1-2-7(4-8)26-13-19-10-11(20-13)21-14(24)22(12(10)23)5-9-6-25-9/h1-4,9H,5-6H2,(H,19,20)(H,21,24). The Bertz CT molecular complexity index is 1110. The number of halogens is 3. The summed E-state index contributed by atoms with van der Waals surface area (Å²) in [6.45, 7) is 0.577. The number of aromatic amines is 2. The molecule has 1 saturated heterocycles. The summed E-state index contributed by atoms with van der Waals surface area (Å²) >= 11 is 0. The fourth-order valence-corrected chi connectivity index (χ4v) is 2.43. The number of alkyl halides is 3. The van der Waals surface area contributed by atoms with E-state index in [1.165, 1.54) is 12.1 Å². The second-order valence-corrected chi connectivity index (χ2v) is 5.69. The van der Waals surface area contributed by atoms with Gasteiger partial charge < -0.3 is 19.2 Å². The monoisotopic (exact) mass is 384 g/mol. The fraction of sp³-hybridized carbons (Fsp3) is 0.267. The van der Waals surface area contributed by atoms with Crippen molar-refractivity contribution in [3.63, 3.8) is 0 Å². The number of rotatable bonds is 5. The summed E-state index contributed by atoms with van der Waals surface area (Å²) in [5.74, 6) is -0.485. The molecule has 1 unspecified atom stereocenters. The van der Waals surface area contributed by atoms with Gasteiger partial charge in [-0.05, 0) is 12.1 Å². The number of fused-ring (bicyclic) bond motifs is 1. The Labute approximate surface area is 147 Å². The van der Waals surface area contributed by atoms with Gasteiger partial charge in [0, 0.05) is 6.07 Å². The van der Waals surface area contributed by atoms with Gasteiger partial charge in [-0.15, -0.1) is 13.2 Å². The number of hydrogen-bond donors (Lipinski definition) is 2. The SMILES string of the molecule is O=c1[nH]c2nc(Oc3cccc(OC(F)(F)F)c3)[nH]c2c(=O)n1CC1CO1. The molecular weight excluding hydrogens is 373 g/mol. The Hall–Kier alpha value is -3.28. The molecule has 1 aliphatic heterocycles. The number of aromatic nitrogens is 4. The molecule has 2 N–H and O–H groups in total. The maximum Gasteiger partial charge on any atom is 0.573 e. The van der Waals surface area contributed by atoms with Crippen LogP contribution < -0.4 is 20.7 Å². The van der Waals surface area contributed by atoms with Crippen LogP contribution in [0.2, 0.25) is 0 Å². The normalized spacial score (nSPS) is 16.5. The number of hydrogen-bond acceptors (Lipinski definition) is 6. The third-order valence-electron chi connectivity index (χ3n) is 3.65. The van der Waals surface area contributed by atoms with E-state index >= 15 is 0 Å². The van der Waals surface area contributed by atoms with E-state index in [-0.39, 0.29) is 35.6 Å². The lowest BCUT2D eigenvalue weighted by Crippen LogP contribution is -2.36. The highest BCUT2D eigenvalue weighted by molar-refractivity contribution is 5.69. The van der Waals surface area contributed by atoms with Crippen LogP contribution in [0.3, 0.4) is 0 Å². The van der Waals surface area contributed by atoms with Crippen LogP contribution in [0.5, 0.6) is 17.5 Å². The highest BCUT2D eigenvalue weighted by Crippen LogP contribution is 2.28. The van der Waals surface area contributed by atoms with Crippen LogP contribution >= 0.6 is 0 Å². The van der Waals surface area contributed by atoms with E-state index in [0.717, 1.165) is 16.7 Å². The number of nitrogens with one attached hydrogen (secondary N) is 2. The van der Waals surface area contributed by atoms with E-state index in [1.54, 1.807) is 0 Å². The topological polar surface area (TPSA) is 115 Å². The summed E-state index contributed by atoms with van der Waals surface area (Å²) in [5, 5.41) is 0. The van der Waals surface area contributed by atoms with Crippen LogP contribution in [0.1, 0.15) is 0 Å². The Morgan fingerprint density at radius 2 is 2.00 bits per heavy atom. The lowest BCUT2D eigenvalue weighted by Gasteiger charge is -2.09. The zero-order valence-corrected chi connectivity index (χ0v) is 13.4. The van der Waals surface area contributed by atoms with Crippen molar-refractivity contribution in [2.45, 2.75) is 19.0 Å². The molecule has 0 bridgehead atoms. The highest BCUT2D eigenvalue weighted by Gasteiger charge is 2.31. The number of imidazole rings is 1. The molecule has 0 radical (unpaired) electrons. The van der Waals surface area contributed by atoms with Crippen LogP contribution in [-0.2, 0) is 11.3 Å². The average molecular weight is 384 g/mol. The van der Waals surface area contributed by atoms with Gasteiger partial charge in [-0.25, -0.2) is 4.79 Å². The zero-order chi connectivity index (χ0) is 19.2. The van der Waals surface area contributed by atoms with E-state index in [4.69, 9.17) is 9.47 Å². The van der Waals surface area contributed by atoms with Crippen molar-refractivity contribution < 1.29 is 27.4 Å². The van der Waals surface area contributed by atoms with E-state index in [0.29, 0.717) is 6.61 Å². The van der Waals surface area contributed by atoms with Gasteiger partial charge >= 0.3 is 18.1 Å². The first-order chi connectivity index (χ1) is 12.8. The van der Waals surface area contributed by atoms with E-state index in [2.05, 4.69) is 19.7 Å². The van der Waals surface area contributed by atoms with Gasteiger partial charge in [0.25, 0.3) is 5.56 Å². The van der Waals surface area contributed by atoms with Gasteiger partial charge in [0.05, 0.1) is 19.3 Å². The first-order valence-corrected chi connectivity index (χ1v) is 7.66. The Morgan fingerprint density at radius 1 is 1.26 bits per heavy atom. The van der Waals surface area contributed by atoms with Gasteiger partial charge in [0.2, 0.25) is 0 Å². The predicted octanol–water partition coefficient (Wildman–Crippen LogP) is 1.50. The summed E-state index contributed by atoms with van der Waals surface area (Å²) in [5.41, 5.74) is -1.30. The predicted molar refractivity (Wildman–Crippen MR) is 83.9 cm³/mol. The minimum absolute atomic E-state index is 0.00653. The molecule has 1 fully saturated rings.